The first kappa shape index (κ1) is 14.7. The molecule has 1 aromatic heterocycles. The van der Waals surface area contributed by atoms with E-state index in [1.54, 1.807) is 0 Å². The number of nitrogens with zero attached hydrogens (tertiary/aromatic N) is 4. The summed E-state index contributed by atoms with van der Waals surface area (Å²) >= 11 is 0. The maximum absolute atomic E-state index is 4.40. The van der Waals surface area contributed by atoms with Gasteiger partial charge in [-0.1, -0.05) is 6.42 Å². The molecule has 0 bridgehead atoms. The molecule has 0 radical (unpaired) electrons. The average Bonchev–Trinajstić information content (AvgIpc) is 2.73. The van der Waals surface area contributed by atoms with Crippen LogP contribution in [0.5, 0.6) is 0 Å². The first-order valence-electron chi connectivity index (χ1n) is 7.24. The Morgan fingerprint density at radius 2 is 2.20 bits per heavy atom. The van der Waals surface area contributed by atoms with Gasteiger partial charge in [-0.15, -0.1) is 0 Å². The van der Waals surface area contributed by atoms with Crippen LogP contribution in [0.3, 0.4) is 0 Å². The van der Waals surface area contributed by atoms with Crippen molar-refractivity contribution in [2.75, 3.05) is 32.6 Å². The third-order valence-corrected chi connectivity index (χ3v) is 3.90. The van der Waals surface area contributed by atoms with Gasteiger partial charge in [-0.25, -0.2) is 4.98 Å². The van der Waals surface area contributed by atoms with Gasteiger partial charge in [0.05, 0.1) is 18.4 Å². The molecular formula is C14H26N6. The number of nitrogens with one attached hydrogen (secondary N) is 2. The zero-order valence-corrected chi connectivity index (χ0v) is 13.0. The van der Waals surface area contributed by atoms with Gasteiger partial charge in [0.2, 0.25) is 5.95 Å². The van der Waals surface area contributed by atoms with Crippen LogP contribution in [0.25, 0.3) is 0 Å². The van der Waals surface area contributed by atoms with Crippen molar-refractivity contribution in [3.63, 3.8) is 0 Å². The number of hydrogen-bond donors (Lipinski definition) is 2. The van der Waals surface area contributed by atoms with E-state index in [1.165, 1.54) is 19.3 Å². The molecule has 0 aromatic carbocycles. The SMILES string of the molecule is CN=C(NCc1cnc(N(C)C)n1C)NCC1CCC1. The zero-order valence-electron chi connectivity index (χ0n) is 13.0. The summed E-state index contributed by atoms with van der Waals surface area (Å²) in [6.45, 7) is 1.75. The lowest BCUT2D eigenvalue weighted by atomic mass is 9.85. The maximum Gasteiger partial charge on any atom is 0.204 e. The number of imidazole rings is 1. The number of hydrogen-bond acceptors (Lipinski definition) is 3. The van der Waals surface area contributed by atoms with Crippen molar-refractivity contribution in [1.29, 1.82) is 0 Å². The van der Waals surface area contributed by atoms with Gasteiger partial charge < -0.3 is 20.1 Å². The quantitative estimate of drug-likeness (QED) is 0.622. The van der Waals surface area contributed by atoms with Crippen LogP contribution in [0.1, 0.15) is 25.0 Å². The highest BCUT2D eigenvalue weighted by Gasteiger charge is 2.17. The lowest BCUT2D eigenvalue weighted by Gasteiger charge is -2.26. The van der Waals surface area contributed by atoms with Crippen LogP contribution in [-0.4, -0.2) is 43.2 Å². The molecule has 0 aliphatic heterocycles. The second-order valence-electron chi connectivity index (χ2n) is 5.61. The second-order valence-corrected chi connectivity index (χ2v) is 5.61. The fourth-order valence-corrected chi connectivity index (χ4v) is 2.35. The van der Waals surface area contributed by atoms with Gasteiger partial charge in [-0.3, -0.25) is 4.99 Å². The second kappa shape index (κ2) is 6.63. The minimum atomic E-state index is 0.724. The Morgan fingerprint density at radius 3 is 2.70 bits per heavy atom. The molecule has 0 unspecified atom stereocenters. The van der Waals surface area contributed by atoms with E-state index < -0.39 is 0 Å². The average molecular weight is 278 g/mol. The molecule has 20 heavy (non-hydrogen) atoms. The Labute approximate surface area is 121 Å². The highest BCUT2D eigenvalue weighted by molar-refractivity contribution is 5.79. The van der Waals surface area contributed by atoms with Crippen molar-refractivity contribution in [3.8, 4) is 0 Å². The standard InChI is InChI=1S/C14H26N6/c1-15-13(16-8-11-6-5-7-11)17-9-12-10-18-14(19(2)3)20(12)4/h10-11H,5-9H2,1-4H3,(H2,15,16,17). The highest BCUT2D eigenvalue weighted by Crippen LogP contribution is 2.25. The fourth-order valence-electron chi connectivity index (χ4n) is 2.35. The van der Waals surface area contributed by atoms with E-state index in [2.05, 4.69) is 25.2 Å². The molecule has 1 aliphatic carbocycles. The highest BCUT2D eigenvalue weighted by atomic mass is 15.3. The number of aromatic nitrogens is 2. The molecule has 1 aromatic rings. The normalized spacial score (nSPS) is 15.9. The van der Waals surface area contributed by atoms with Crippen molar-refractivity contribution >= 4 is 11.9 Å². The molecule has 0 atom stereocenters. The summed E-state index contributed by atoms with van der Waals surface area (Å²) < 4.78 is 2.09. The van der Waals surface area contributed by atoms with Crippen molar-refractivity contribution in [1.82, 2.24) is 20.2 Å². The molecule has 0 spiro atoms. The summed E-state index contributed by atoms with van der Waals surface area (Å²) in [6.07, 6.45) is 5.97. The molecule has 0 saturated heterocycles. The van der Waals surface area contributed by atoms with Gasteiger partial charge in [-0.2, -0.15) is 0 Å². The molecule has 1 heterocycles. The Bertz CT molecular complexity index is 458. The van der Waals surface area contributed by atoms with Gasteiger partial charge in [-0.05, 0) is 18.8 Å². The van der Waals surface area contributed by atoms with E-state index in [9.17, 15) is 0 Å². The first-order chi connectivity index (χ1) is 9.61. The van der Waals surface area contributed by atoms with E-state index in [1.807, 2.05) is 39.3 Å². The van der Waals surface area contributed by atoms with Gasteiger partial charge in [0.25, 0.3) is 0 Å². The smallest absolute Gasteiger partial charge is 0.204 e. The minimum absolute atomic E-state index is 0.724. The molecule has 6 nitrogen and oxygen atoms in total. The Kier molecular flexibility index (Phi) is 4.87. The van der Waals surface area contributed by atoms with Crippen molar-refractivity contribution in [2.45, 2.75) is 25.8 Å². The molecule has 112 valence electrons. The largest absolute Gasteiger partial charge is 0.356 e. The van der Waals surface area contributed by atoms with E-state index >= 15 is 0 Å². The van der Waals surface area contributed by atoms with E-state index in [4.69, 9.17) is 0 Å². The Morgan fingerprint density at radius 1 is 1.45 bits per heavy atom. The third kappa shape index (κ3) is 3.43. The summed E-state index contributed by atoms with van der Waals surface area (Å²) in [7, 11) is 7.84. The number of rotatable bonds is 5. The molecule has 6 heteroatoms. The van der Waals surface area contributed by atoms with Crippen molar-refractivity contribution < 1.29 is 0 Å². The van der Waals surface area contributed by atoms with Crippen LogP contribution in [0, 0.1) is 5.92 Å². The maximum atomic E-state index is 4.40. The summed E-state index contributed by atoms with van der Waals surface area (Å²) in [5.41, 5.74) is 1.14. The summed E-state index contributed by atoms with van der Waals surface area (Å²) in [6, 6.07) is 0. The van der Waals surface area contributed by atoms with Crippen LogP contribution in [0.2, 0.25) is 0 Å². The summed E-state index contributed by atoms with van der Waals surface area (Å²) in [5, 5.41) is 6.73. The molecule has 2 N–H and O–H groups in total. The predicted octanol–water partition coefficient (Wildman–Crippen LogP) is 0.951. The van der Waals surface area contributed by atoms with Gasteiger partial charge in [0.1, 0.15) is 0 Å². The number of aliphatic imine (C=N–C) groups is 1. The minimum Gasteiger partial charge on any atom is -0.356 e. The Hall–Kier alpha value is -1.72. The zero-order chi connectivity index (χ0) is 14.5. The van der Waals surface area contributed by atoms with E-state index in [0.29, 0.717) is 0 Å². The van der Waals surface area contributed by atoms with Gasteiger partial charge >= 0.3 is 0 Å². The predicted molar refractivity (Wildman–Crippen MR) is 83.1 cm³/mol. The molecule has 1 aliphatic rings. The topological polar surface area (TPSA) is 57.5 Å². The number of anilines is 1. The molecule has 0 amide bonds. The lowest BCUT2D eigenvalue weighted by molar-refractivity contribution is 0.314. The lowest BCUT2D eigenvalue weighted by Crippen LogP contribution is -2.40. The molecule has 1 saturated carbocycles. The molecule has 2 rings (SSSR count). The Balaban J connectivity index is 1.83. The van der Waals surface area contributed by atoms with E-state index in [-0.39, 0.29) is 0 Å². The van der Waals surface area contributed by atoms with Crippen molar-refractivity contribution in [3.05, 3.63) is 11.9 Å². The summed E-state index contributed by atoms with van der Waals surface area (Å²) in [4.78, 5) is 10.7. The third-order valence-electron chi connectivity index (χ3n) is 3.90. The van der Waals surface area contributed by atoms with Crippen LogP contribution < -0.4 is 15.5 Å². The van der Waals surface area contributed by atoms with E-state index in [0.717, 1.165) is 36.6 Å². The monoisotopic (exact) mass is 278 g/mol. The van der Waals surface area contributed by atoms with Crippen LogP contribution in [-0.2, 0) is 13.6 Å². The van der Waals surface area contributed by atoms with Crippen LogP contribution in [0.15, 0.2) is 11.2 Å². The van der Waals surface area contributed by atoms with Crippen molar-refractivity contribution in [2.24, 2.45) is 18.0 Å². The first-order valence-corrected chi connectivity index (χ1v) is 7.24. The number of guanidine groups is 1. The molecule has 1 fully saturated rings. The van der Waals surface area contributed by atoms with Crippen LogP contribution in [0.4, 0.5) is 5.95 Å². The fraction of sp³-hybridized carbons (Fsp3) is 0.714. The van der Waals surface area contributed by atoms with Crippen LogP contribution >= 0.6 is 0 Å². The van der Waals surface area contributed by atoms with Gasteiger partial charge in [0, 0.05) is 34.7 Å². The summed E-state index contributed by atoms with van der Waals surface area (Å²) in [5.74, 6) is 2.65. The van der Waals surface area contributed by atoms with Gasteiger partial charge in [0.15, 0.2) is 5.96 Å². The molecular weight excluding hydrogens is 252 g/mol.